The molecule has 1 aromatic rings. The fraction of sp³-hybridized carbons (Fsp3) is 0.182. The van der Waals surface area contributed by atoms with Crippen LogP contribution in [0.4, 0.5) is 0 Å². The van der Waals surface area contributed by atoms with E-state index in [0.717, 1.165) is 10.0 Å². The van der Waals surface area contributed by atoms with E-state index in [0.29, 0.717) is 18.0 Å². The summed E-state index contributed by atoms with van der Waals surface area (Å²) in [5.41, 5.74) is 0.968. The van der Waals surface area contributed by atoms with Gasteiger partial charge in [0.2, 0.25) is 5.91 Å². The fourth-order valence-electron chi connectivity index (χ4n) is 1.04. The second-order valence-corrected chi connectivity index (χ2v) is 4.55. The summed E-state index contributed by atoms with van der Waals surface area (Å²) in [7, 11) is 0. The SMILES string of the molecule is C=C(Cl)CNC(=O)Cc1ccc(Br)cc1. The Bertz CT molecular complexity index is 361. The number of nitrogens with one attached hydrogen (secondary N) is 1. The summed E-state index contributed by atoms with van der Waals surface area (Å²) in [6.07, 6.45) is 0.359. The monoisotopic (exact) mass is 287 g/mol. The van der Waals surface area contributed by atoms with E-state index in [1.807, 2.05) is 24.3 Å². The highest BCUT2D eigenvalue weighted by atomic mass is 79.9. The van der Waals surface area contributed by atoms with E-state index in [1.165, 1.54) is 0 Å². The van der Waals surface area contributed by atoms with Crippen LogP contribution in [0.25, 0.3) is 0 Å². The zero-order valence-corrected chi connectivity index (χ0v) is 10.4. The quantitative estimate of drug-likeness (QED) is 0.907. The summed E-state index contributed by atoms with van der Waals surface area (Å²) in [5, 5.41) is 3.09. The molecule has 0 saturated heterocycles. The smallest absolute Gasteiger partial charge is 0.224 e. The van der Waals surface area contributed by atoms with Crippen molar-refractivity contribution in [3.8, 4) is 0 Å². The first-order chi connectivity index (χ1) is 7.08. The molecule has 1 N–H and O–H groups in total. The molecule has 1 rings (SSSR count). The Balaban J connectivity index is 2.44. The predicted molar refractivity (Wildman–Crippen MR) is 65.8 cm³/mol. The number of benzene rings is 1. The summed E-state index contributed by atoms with van der Waals surface area (Å²) < 4.78 is 1.00. The standard InChI is InChI=1S/C11H11BrClNO/c1-8(13)7-14-11(15)6-9-2-4-10(12)5-3-9/h2-5H,1,6-7H2,(H,14,15). The predicted octanol–water partition coefficient (Wildman–Crippen LogP) is 2.86. The number of hydrogen-bond acceptors (Lipinski definition) is 1. The molecule has 0 heterocycles. The minimum atomic E-state index is -0.0564. The molecular weight excluding hydrogens is 277 g/mol. The van der Waals surface area contributed by atoms with Gasteiger partial charge in [0.05, 0.1) is 13.0 Å². The fourth-order valence-corrected chi connectivity index (χ4v) is 1.38. The van der Waals surface area contributed by atoms with E-state index >= 15 is 0 Å². The van der Waals surface area contributed by atoms with Crippen LogP contribution in [-0.4, -0.2) is 12.5 Å². The van der Waals surface area contributed by atoms with Crippen molar-refractivity contribution in [1.29, 1.82) is 0 Å². The molecule has 0 fully saturated rings. The van der Waals surface area contributed by atoms with E-state index in [4.69, 9.17) is 11.6 Å². The molecule has 80 valence electrons. The van der Waals surface area contributed by atoms with Gasteiger partial charge in [-0.15, -0.1) is 0 Å². The van der Waals surface area contributed by atoms with Gasteiger partial charge < -0.3 is 5.32 Å². The molecule has 0 aromatic heterocycles. The van der Waals surface area contributed by atoms with Crippen LogP contribution >= 0.6 is 27.5 Å². The third-order valence-electron chi connectivity index (χ3n) is 1.76. The number of amides is 1. The van der Waals surface area contributed by atoms with Crippen molar-refractivity contribution in [1.82, 2.24) is 5.32 Å². The molecule has 0 bridgehead atoms. The molecule has 2 nitrogen and oxygen atoms in total. The minimum absolute atomic E-state index is 0.0564. The lowest BCUT2D eigenvalue weighted by atomic mass is 10.1. The van der Waals surface area contributed by atoms with Crippen LogP contribution < -0.4 is 5.32 Å². The highest BCUT2D eigenvalue weighted by Crippen LogP contribution is 2.10. The van der Waals surface area contributed by atoms with Crippen LogP contribution in [0.1, 0.15) is 5.56 Å². The normalized spacial score (nSPS) is 9.73. The average molecular weight is 289 g/mol. The Morgan fingerprint density at radius 1 is 1.40 bits per heavy atom. The summed E-state index contributed by atoms with van der Waals surface area (Å²) in [6, 6.07) is 7.62. The van der Waals surface area contributed by atoms with Crippen molar-refractivity contribution in [2.75, 3.05) is 6.54 Å². The van der Waals surface area contributed by atoms with Gasteiger partial charge in [-0.25, -0.2) is 0 Å². The minimum Gasteiger partial charge on any atom is -0.351 e. The average Bonchev–Trinajstić information content (AvgIpc) is 2.19. The Morgan fingerprint density at radius 2 is 2.00 bits per heavy atom. The molecule has 1 aromatic carbocycles. The zero-order chi connectivity index (χ0) is 11.3. The highest BCUT2D eigenvalue weighted by Gasteiger charge is 2.02. The van der Waals surface area contributed by atoms with E-state index in [-0.39, 0.29) is 5.91 Å². The summed E-state index contributed by atoms with van der Waals surface area (Å²) in [6.45, 7) is 3.81. The van der Waals surface area contributed by atoms with Gasteiger partial charge >= 0.3 is 0 Å². The molecule has 0 unspecified atom stereocenters. The van der Waals surface area contributed by atoms with Crippen molar-refractivity contribution in [2.24, 2.45) is 0 Å². The largest absolute Gasteiger partial charge is 0.351 e. The Labute approximate surface area is 102 Å². The van der Waals surface area contributed by atoms with Gasteiger partial charge in [-0.3, -0.25) is 4.79 Å². The molecule has 0 saturated carbocycles. The van der Waals surface area contributed by atoms with Gasteiger partial charge in [-0.1, -0.05) is 46.2 Å². The summed E-state index contributed by atoms with van der Waals surface area (Å²) in [4.78, 5) is 11.4. The van der Waals surface area contributed by atoms with Crippen LogP contribution in [-0.2, 0) is 11.2 Å². The summed E-state index contributed by atoms with van der Waals surface area (Å²) >= 11 is 8.86. The number of rotatable bonds is 4. The number of carbonyl (C=O) groups is 1. The topological polar surface area (TPSA) is 29.1 Å². The van der Waals surface area contributed by atoms with Gasteiger partial charge in [0.25, 0.3) is 0 Å². The molecule has 0 atom stereocenters. The van der Waals surface area contributed by atoms with Gasteiger partial charge in [0, 0.05) is 9.51 Å². The maximum Gasteiger partial charge on any atom is 0.224 e. The summed E-state index contributed by atoms with van der Waals surface area (Å²) in [5.74, 6) is -0.0564. The Morgan fingerprint density at radius 3 is 2.53 bits per heavy atom. The highest BCUT2D eigenvalue weighted by molar-refractivity contribution is 9.10. The van der Waals surface area contributed by atoms with Crippen LogP contribution in [0, 0.1) is 0 Å². The third kappa shape index (κ3) is 5.00. The second-order valence-electron chi connectivity index (χ2n) is 3.10. The first-order valence-electron chi connectivity index (χ1n) is 4.42. The Hall–Kier alpha value is -0.800. The lowest BCUT2D eigenvalue weighted by Crippen LogP contribution is -2.26. The zero-order valence-electron chi connectivity index (χ0n) is 8.09. The van der Waals surface area contributed by atoms with Crippen molar-refractivity contribution in [2.45, 2.75) is 6.42 Å². The molecule has 0 spiro atoms. The van der Waals surface area contributed by atoms with Crippen LogP contribution in [0.15, 0.2) is 40.3 Å². The molecule has 0 radical (unpaired) electrons. The Kier molecular flexibility index (Phi) is 4.85. The number of halogens is 2. The van der Waals surface area contributed by atoms with Gasteiger partial charge in [-0.05, 0) is 17.7 Å². The van der Waals surface area contributed by atoms with Crippen molar-refractivity contribution in [3.63, 3.8) is 0 Å². The van der Waals surface area contributed by atoms with Crippen molar-refractivity contribution >= 4 is 33.4 Å². The van der Waals surface area contributed by atoms with E-state index in [9.17, 15) is 4.79 Å². The van der Waals surface area contributed by atoms with E-state index in [2.05, 4.69) is 27.8 Å². The van der Waals surface area contributed by atoms with Crippen molar-refractivity contribution < 1.29 is 4.79 Å². The third-order valence-corrected chi connectivity index (χ3v) is 2.42. The maximum atomic E-state index is 11.4. The van der Waals surface area contributed by atoms with Gasteiger partial charge in [0.15, 0.2) is 0 Å². The molecule has 1 amide bonds. The molecular formula is C11H11BrClNO. The van der Waals surface area contributed by atoms with Gasteiger partial charge in [-0.2, -0.15) is 0 Å². The lowest BCUT2D eigenvalue weighted by Gasteiger charge is -2.03. The van der Waals surface area contributed by atoms with Crippen LogP contribution in [0.3, 0.4) is 0 Å². The number of hydrogen-bond donors (Lipinski definition) is 1. The number of carbonyl (C=O) groups excluding carboxylic acids is 1. The molecule has 4 heteroatoms. The van der Waals surface area contributed by atoms with Crippen LogP contribution in [0.2, 0.25) is 0 Å². The van der Waals surface area contributed by atoms with Gasteiger partial charge in [0.1, 0.15) is 0 Å². The van der Waals surface area contributed by atoms with E-state index < -0.39 is 0 Å². The maximum absolute atomic E-state index is 11.4. The molecule has 15 heavy (non-hydrogen) atoms. The molecule has 0 aliphatic carbocycles. The second kappa shape index (κ2) is 5.93. The molecule has 0 aliphatic heterocycles. The van der Waals surface area contributed by atoms with Crippen LogP contribution in [0.5, 0.6) is 0 Å². The molecule has 0 aliphatic rings. The van der Waals surface area contributed by atoms with E-state index in [1.54, 1.807) is 0 Å². The lowest BCUT2D eigenvalue weighted by molar-refractivity contribution is -0.120. The van der Waals surface area contributed by atoms with Crippen molar-refractivity contribution in [3.05, 3.63) is 45.9 Å². The first kappa shape index (κ1) is 12.3. The first-order valence-corrected chi connectivity index (χ1v) is 5.59.